The molecule has 1 amide bonds. The van der Waals surface area contributed by atoms with Crippen molar-refractivity contribution in [2.75, 3.05) is 19.6 Å². The number of nitrogens with zero attached hydrogens (tertiary/aromatic N) is 2. The zero-order valence-electron chi connectivity index (χ0n) is 11.6. The topological polar surface area (TPSA) is 95.2 Å². The van der Waals surface area contributed by atoms with Crippen LogP contribution in [-0.4, -0.2) is 49.1 Å². The number of aromatic nitrogens is 2. The first-order chi connectivity index (χ1) is 9.50. The number of hydrogen-bond donors (Lipinski definition) is 2. The number of carbonyl (C=O) groups is 1. The summed E-state index contributed by atoms with van der Waals surface area (Å²) in [5.41, 5.74) is 0.486. The highest BCUT2D eigenvalue weighted by Crippen LogP contribution is 2.12. The van der Waals surface area contributed by atoms with E-state index in [1.54, 1.807) is 11.8 Å². The molecule has 2 N–H and O–H groups in total. The molecule has 2 heterocycles. The summed E-state index contributed by atoms with van der Waals surface area (Å²) in [4.78, 5) is 13.8. The van der Waals surface area contributed by atoms with Gasteiger partial charge in [0, 0.05) is 26.1 Å². The van der Waals surface area contributed by atoms with Crippen LogP contribution < -0.4 is 4.72 Å². The molecule has 1 aliphatic rings. The molecule has 0 unspecified atom stereocenters. The van der Waals surface area contributed by atoms with Crippen molar-refractivity contribution in [1.29, 1.82) is 0 Å². The van der Waals surface area contributed by atoms with Crippen LogP contribution in [0.4, 0.5) is 0 Å². The van der Waals surface area contributed by atoms with Gasteiger partial charge in [-0.05, 0) is 26.2 Å². The maximum absolute atomic E-state index is 12.0. The van der Waals surface area contributed by atoms with E-state index in [1.807, 2.05) is 0 Å². The van der Waals surface area contributed by atoms with Crippen molar-refractivity contribution in [3.8, 4) is 0 Å². The lowest BCUT2D eigenvalue weighted by atomic mass is 10.1. The molecule has 0 spiro atoms. The molecular formula is C12H20N4O3S. The van der Waals surface area contributed by atoms with E-state index in [9.17, 15) is 13.2 Å². The minimum Gasteiger partial charge on any atom is -0.343 e. The Morgan fingerprint density at radius 3 is 2.70 bits per heavy atom. The molecule has 2 rings (SSSR count). The van der Waals surface area contributed by atoms with E-state index in [4.69, 9.17) is 0 Å². The summed E-state index contributed by atoms with van der Waals surface area (Å²) in [6, 6.07) is 0. The summed E-state index contributed by atoms with van der Waals surface area (Å²) >= 11 is 0. The van der Waals surface area contributed by atoms with Crippen molar-refractivity contribution in [3.63, 3.8) is 0 Å². The Hall–Kier alpha value is -1.41. The molecule has 0 atom stereocenters. The number of sulfonamides is 1. The highest BCUT2D eigenvalue weighted by atomic mass is 32.2. The number of rotatable bonds is 5. The van der Waals surface area contributed by atoms with Gasteiger partial charge in [0.2, 0.25) is 15.9 Å². The van der Waals surface area contributed by atoms with Crippen LogP contribution in [0.1, 0.15) is 31.4 Å². The van der Waals surface area contributed by atoms with Crippen LogP contribution in [-0.2, 0) is 14.8 Å². The minimum absolute atomic E-state index is 0.0105. The lowest BCUT2D eigenvalue weighted by molar-refractivity contribution is -0.131. The molecule has 1 aromatic rings. The number of nitrogens with one attached hydrogen (secondary N) is 2. The number of H-pyrrole nitrogens is 1. The number of hydrogen-bond acceptors (Lipinski definition) is 4. The summed E-state index contributed by atoms with van der Waals surface area (Å²) in [5.74, 6) is 0.0105. The van der Waals surface area contributed by atoms with Gasteiger partial charge in [-0.2, -0.15) is 5.10 Å². The number of piperidine rings is 1. The van der Waals surface area contributed by atoms with Gasteiger partial charge in [0.15, 0.2) is 0 Å². The average Bonchev–Trinajstić information content (AvgIpc) is 2.86. The molecule has 20 heavy (non-hydrogen) atoms. The summed E-state index contributed by atoms with van der Waals surface area (Å²) in [7, 11) is -3.59. The fourth-order valence-electron chi connectivity index (χ4n) is 2.28. The van der Waals surface area contributed by atoms with Crippen molar-refractivity contribution >= 4 is 15.9 Å². The van der Waals surface area contributed by atoms with Gasteiger partial charge in [0.05, 0.1) is 11.9 Å². The van der Waals surface area contributed by atoms with Gasteiger partial charge >= 0.3 is 0 Å². The number of carbonyl (C=O) groups excluding carboxylic acids is 1. The molecular weight excluding hydrogens is 280 g/mol. The van der Waals surface area contributed by atoms with Crippen LogP contribution >= 0.6 is 0 Å². The van der Waals surface area contributed by atoms with Gasteiger partial charge in [0.1, 0.15) is 4.90 Å². The van der Waals surface area contributed by atoms with E-state index in [0.29, 0.717) is 5.69 Å². The molecule has 1 saturated heterocycles. The van der Waals surface area contributed by atoms with Crippen LogP contribution in [0.25, 0.3) is 0 Å². The van der Waals surface area contributed by atoms with Crippen LogP contribution in [0.2, 0.25) is 0 Å². The average molecular weight is 300 g/mol. The molecule has 112 valence electrons. The Morgan fingerprint density at radius 2 is 2.10 bits per heavy atom. The van der Waals surface area contributed by atoms with Crippen LogP contribution in [0, 0.1) is 6.92 Å². The predicted molar refractivity (Wildman–Crippen MR) is 73.6 cm³/mol. The van der Waals surface area contributed by atoms with Gasteiger partial charge in [-0.1, -0.05) is 0 Å². The predicted octanol–water partition coefficient (Wildman–Crippen LogP) is 0.399. The van der Waals surface area contributed by atoms with Crippen LogP contribution in [0.15, 0.2) is 11.1 Å². The first-order valence-electron chi connectivity index (χ1n) is 6.78. The zero-order chi connectivity index (χ0) is 14.6. The van der Waals surface area contributed by atoms with Crippen molar-refractivity contribution in [1.82, 2.24) is 19.8 Å². The van der Waals surface area contributed by atoms with E-state index < -0.39 is 10.0 Å². The largest absolute Gasteiger partial charge is 0.343 e. The third-order valence-electron chi connectivity index (χ3n) is 3.41. The van der Waals surface area contributed by atoms with Crippen LogP contribution in [0.5, 0.6) is 0 Å². The van der Waals surface area contributed by atoms with Gasteiger partial charge in [0.25, 0.3) is 0 Å². The van der Waals surface area contributed by atoms with Crippen LogP contribution in [0.3, 0.4) is 0 Å². The fourth-order valence-corrected chi connectivity index (χ4v) is 3.45. The molecule has 0 bridgehead atoms. The summed E-state index contributed by atoms with van der Waals surface area (Å²) in [6.07, 6.45) is 4.69. The highest BCUT2D eigenvalue weighted by molar-refractivity contribution is 7.89. The molecule has 1 fully saturated rings. The van der Waals surface area contributed by atoms with E-state index in [-0.39, 0.29) is 23.8 Å². The van der Waals surface area contributed by atoms with Gasteiger partial charge < -0.3 is 4.90 Å². The molecule has 0 saturated carbocycles. The summed E-state index contributed by atoms with van der Waals surface area (Å²) in [5, 5.41) is 6.27. The van der Waals surface area contributed by atoms with E-state index in [0.717, 1.165) is 32.4 Å². The van der Waals surface area contributed by atoms with E-state index >= 15 is 0 Å². The Bertz CT molecular complexity index is 561. The maximum Gasteiger partial charge on any atom is 0.243 e. The number of amides is 1. The first kappa shape index (κ1) is 15.0. The molecule has 7 nitrogen and oxygen atoms in total. The monoisotopic (exact) mass is 300 g/mol. The molecule has 0 aromatic carbocycles. The summed E-state index contributed by atoms with van der Waals surface area (Å²) in [6.45, 7) is 3.32. The summed E-state index contributed by atoms with van der Waals surface area (Å²) < 4.78 is 26.4. The smallest absolute Gasteiger partial charge is 0.243 e. The quantitative estimate of drug-likeness (QED) is 0.823. The fraction of sp³-hybridized carbons (Fsp3) is 0.667. The molecule has 1 aliphatic heterocycles. The molecule has 1 aromatic heterocycles. The second-order valence-electron chi connectivity index (χ2n) is 4.95. The van der Waals surface area contributed by atoms with Crippen molar-refractivity contribution in [2.45, 2.75) is 37.5 Å². The Morgan fingerprint density at radius 1 is 1.40 bits per heavy atom. The minimum atomic E-state index is -3.59. The van der Waals surface area contributed by atoms with Crippen molar-refractivity contribution in [3.05, 3.63) is 11.9 Å². The van der Waals surface area contributed by atoms with E-state index in [1.165, 1.54) is 6.20 Å². The standard InChI is InChI=1S/C12H20N4O3S/c1-10-11(9-13-15-10)20(18,19)14-6-5-12(17)16-7-3-2-4-8-16/h9,14H,2-8H2,1H3,(H,13,15). The van der Waals surface area contributed by atoms with E-state index in [2.05, 4.69) is 14.9 Å². The lowest BCUT2D eigenvalue weighted by Crippen LogP contribution is -2.37. The van der Waals surface area contributed by atoms with Gasteiger partial charge in [-0.25, -0.2) is 13.1 Å². The molecule has 0 radical (unpaired) electrons. The second-order valence-corrected chi connectivity index (χ2v) is 6.68. The Labute approximate surface area is 118 Å². The second kappa shape index (κ2) is 6.36. The third kappa shape index (κ3) is 3.57. The number of aromatic amines is 1. The zero-order valence-corrected chi connectivity index (χ0v) is 12.4. The molecule has 8 heteroatoms. The normalized spacial score (nSPS) is 16.4. The van der Waals surface area contributed by atoms with Gasteiger partial charge in [-0.15, -0.1) is 0 Å². The van der Waals surface area contributed by atoms with Gasteiger partial charge in [-0.3, -0.25) is 9.89 Å². The first-order valence-corrected chi connectivity index (χ1v) is 8.26. The van der Waals surface area contributed by atoms with Crippen molar-refractivity contribution < 1.29 is 13.2 Å². The Kier molecular flexibility index (Phi) is 4.77. The third-order valence-corrected chi connectivity index (χ3v) is 4.99. The SMILES string of the molecule is Cc1[nH]ncc1S(=O)(=O)NCCC(=O)N1CCCCC1. The lowest BCUT2D eigenvalue weighted by Gasteiger charge is -2.26. The molecule has 0 aliphatic carbocycles. The number of likely N-dealkylation sites (tertiary alicyclic amines) is 1. The maximum atomic E-state index is 12.0. The van der Waals surface area contributed by atoms with Crippen molar-refractivity contribution in [2.24, 2.45) is 0 Å². The number of aryl methyl sites for hydroxylation is 1. The highest BCUT2D eigenvalue weighted by Gasteiger charge is 2.20. The Balaban J connectivity index is 1.83.